The van der Waals surface area contributed by atoms with Crippen molar-refractivity contribution in [2.75, 3.05) is 23.7 Å². The van der Waals surface area contributed by atoms with Crippen LogP contribution in [0, 0.1) is 6.92 Å². The van der Waals surface area contributed by atoms with E-state index >= 15 is 0 Å². The second kappa shape index (κ2) is 7.51. The van der Waals surface area contributed by atoms with E-state index in [0.29, 0.717) is 23.9 Å². The summed E-state index contributed by atoms with van der Waals surface area (Å²) in [4.78, 5) is 0.290. The molecule has 0 amide bonds. The van der Waals surface area contributed by atoms with E-state index in [-0.39, 0.29) is 4.90 Å². The first-order valence-corrected chi connectivity index (χ1v) is 10.0. The zero-order valence-corrected chi connectivity index (χ0v) is 15.7. The smallest absolute Gasteiger partial charge is 0.243 e. The maximum atomic E-state index is 12.7. The van der Waals surface area contributed by atoms with Gasteiger partial charge in [-0.05, 0) is 67.9 Å². The molecule has 1 fully saturated rings. The number of hydrogen-bond acceptors (Lipinski definition) is 3. The molecule has 3 rings (SSSR count). The summed E-state index contributed by atoms with van der Waals surface area (Å²) in [7, 11) is -3.43. The van der Waals surface area contributed by atoms with E-state index in [4.69, 9.17) is 12.2 Å². The van der Waals surface area contributed by atoms with Gasteiger partial charge in [0.05, 0.1) is 4.90 Å². The number of hydrogen-bond donors (Lipinski definition) is 2. The molecule has 0 aromatic heterocycles. The molecule has 2 aromatic carbocycles. The van der Waals surface area contributed by atoms with Gasteiger partial charge in [-0.3, -0.25) is 0 Å². The average Bonchev–Trinajstić information content (AvgIpc) is 3.10. The zero-order chi connectivity index (χ0) is 17.9. The van der Waals surface area contributed by atoms with Crippen molar-refractivity contribution in [1.29, 1.82) is 0 Å². The largest absolute Gasteiger partial charge is 0.332 e. The predicted molar refractivity (Wildman–Crippen MR) is 105 cm³/mol. The van der Waals surface area contributed by atoms with Crippen molar-refractivity contribution < 1.29 is 8.42 Å². The molecule has 7 heteroatoms. The quantitative estimate of drug-likeness (QED) is 0.800. The number of anilines is 2. The number of nitrogens with one attached hydrogen (secondary N) is 2. The second-order valence-corrected chi connectivity index (χ2v) is 8.43. The van der Waals surface area contributed by atoms with Gasteiger partial charge in [-0.15, -0.1) is 0 Å². The van der Waals surface area contributed by atoms with Crippen LogP contribution in [-0.4, -0.2) is 30.9 Å². The molecule has 2 N–H and O–H groups in total. The minimum atomic E-state index is -3.43. The van der Waals surface area contributed by atoms with Crippen LogP contribution < -0.4 is 10.6 Å². The highest BCUT2D eigenvalue weighted by Crippen LogP contribution is 2.23. The first kappa shape index (κ1) is 17.8. The molecule has 1 saturated heterocycles. The molecule has 0 saturated carbocycles. The Morgan fingerprint density at radius 2 is 1.60 bits per heavy atom. The van der Waals surface area contributed by atoms with Gasteiger partial charge < -0.3 is 10.6 Å². The van der Waals surface area contributed by atoms with E-state index in [0.717, 1.165) is 24.1 Å². The van der Waals surface area contributed by atoms with Crippen LogP contribution in [0.25, 0.3) is 0 Å². The van der Waals surface area contributed by atoms with E-state index in [9.17, 15) is 8.42 Å². The Morgan fingerprint density at radius 1 is 1.00 bits per heavy atom. The van der Waals surface area contributed by atoms with Gasteiger partial charge in [0.15, 0.2) is 5.11 Å². The number of rotatable bonds is 4. The van der Waals surface area contributed by atoms with Crippen molar-refractivity contribution >= 4 is 38.7 Å². The van der Waals surface area contributed by atoms with Crippen LogP contribution in [-0.2, 0) is 10.0 Å². The third-order valence-corrected chi connectivity index (χ3v) is 6.17. The highest BCUT2D eigenvalue weighted by Gasteiger charge is 2.27. The van der Waals surface area contributed by atoms with Crippen LogP contribution in [0.1, 0.15) is 18.4 Å². The maximum Gasteiger partial charge on any atom is 0.243 e. The Morgan fingerprint density at radius 3 is 2.24 bits per heavy atom. The van der Waals surface area contributed by atoms with Crippen molar-refractivity contribution in [3.05, 3.63) is 54.1 Å². The molecule has 0 aliphatic carbocycles. The highest BCUT2D eigenvalue weighted by atomic mass is 32.2. The molecule has 5 nitrogen and oxygen atoms in total. The highest BCUT2D eigenvalue weighted by molar-refractivity contribution is 7.89. The average molecular weight is 376 g/mol. The molecule has 1 aliphatic rings. The standard InChI is InChI=1S/C18H21N3O2S2/c1-14-6-4-7-15(12-14)19-18(24)20-16-8-5-9-17(13-16)25(22,23)21-10-2-3-11-21/h4-9,12-13H,2-3,10-11H2,1H3,(H2,19,20,24). The van der Waals surface area contributed by atoms with Gasteiger partial charge in [0.1, 0.15) is 0 Å². The monoisotopic (exact) mass is 375 g/mol. The molecule has 132 valence electrons. The summed E-state index contributed by atoms with van der Waals surface area (Å²) in [6.07, 6.45) is 1.84. The summed E-state index contributed by atoms with van der Waals surface area (Å²) in [5.74, 6) is 0. The fourth-order valence-electron chi connectivity index (χ4n) is 2.83. The minimum absolute atomic E-state index is 0.290. The summed E-state index contributed by atoms with van der Waals surface area (Å²) >= 11 is 5.32. The molecule has 1 heterocycles. The molecular weight excluding hydrogens is 354 g/mol. The van der Waals surface area contributed by atoms with Gasteiger partial charge in [-0.25, -0.2) is 8.42 Å². The normalized spacial score (nSPS) is 15.1. The number of nitrogens with zero attached hydrogens (tertiary/aromatic N) is 1. The van der Waals surface area contributed by atoms with Gasteiger partial charge in [0, 0.05) is 24.5 Å². The Bertz CT molecular complexity index is 875. The molecule has 25 heavy (non-hydrogen) atoms. The number of benzene rings is 2. The Kier molecular flexibility index (Phi) is 5.36. The fraction of sp³-hybridized carbons (Fsp3) is 0.278. The van der Waals surface area contributed by atoms with E-state index in [1.807, 2.05) is 31.2 Å². The Balaban J connectivity index is 1.72. The second-order valence-electron chi connectivity index (χ2n) is 6.09. The molecular formula is C18H21N3O2S2. The summed E-state index contributed by atoms with van der Waals surface area (Å²) in [5.41, 5.74) is 2.66. The molecule has 0 radical (unpaired) electrons. The maximum absolute atomic E-state index is 12.7. The predicted octanol–water partition coefficient (Wildman–Crippen LogP) is 3.59. The lowest BCUT2D eigenvalue weighted by Gasteiger charge is -2.16. The number of aryl methyl sites for hydroxylation is 1. The Labute approximate surface area is 154 Å². The van der Waals surface area contributed by atoms with Crippen molar-refractivity contribution in [2.24, 2.45) is 0 Å². The Hall–Kier alpha value is -1.96. The fourth-order valence-corrected chi connectivity index (χ4v) is 4.63. The zero-order valence-electron chi connectivity index (χ0n) is 14.0. The van der Waals surface area contributed by atoms with E-state index in [1.54, 1.807) is 24.3 Å². The summed E-state index contributed by atoms with van der Waals surface area (Å²) in [6, 6.07) is 14.6. The molecule has 1 aliphatic heterocycles. The van der Waals surface area contributed by atoms with Crippen LogP contribution in [0.4, 0.5) is 11.4 Å². The third kappa shape index (κ3) is 4.36. The van der Waals surface area contributed by atoms with Gasteiger partial charge >= 0.3 is 0 Å². The minimum Gasteiger partial charge on any atom is -0.332 e. The van der Waals surface area contributed by atoms with Crippen molar-refractivity contribution in [1.82, 2.24) is 4.31 Å². The van der Waals surface area contributed by atoms with Crippen molar-refractivity contribution in [3.8, 4) is 0 Å². The molecule has 0 spiro atoms. The van der Waals surface area contributed by atoms with Crippen LogP contribution >= 0.6 is 12.2 Å². The van der Waals surface area contributed by atoms with Crippen molar-refractivity contribution in [3.63, 3.8) is 0 Å². The summed E-state index contributed by atoms with van der Waals surface area (Å²) in [6.45, 7) is 3.19. The molecule has 0 bridgehead atoms. The van der Waals surface area contributed by atoms with Crippen LogP contribution in [0.15, 0.2) is 53.4 Å². The van der Waals surface area contributed by atoms with Gasteiger partial charge in [-0.1, -0.05) is 18.2 Å². The lowest BCUT2D eigenvalue weighted by molar-refractivity contribution is 0.477. The molecule has 2 aromatic rings. The number of thiocarbonyl (C=S) groups is 1. The lowest BCUT2D eigenvalue weighted by Crippen LogP contribution is -2.28. The van der Waals surface area contributed by atoms with Crippen LogP contribution in [0.5, 0.6) is 0 Å². The summed E-state index contributed by atoms with van der Waals surface area (Å²) < 4.78 is 26.8. The van der Waals surface area contributed by atoms with Gasteiger partial charge in [0.25, 0.3) is 0 Å². The third-order valence-electron chi connectivity index (χ3n) is 4.07. The topological polar surface area (TPSA) is 61.4 Å². The lowest BCUT2D eigenvalue weighted by atomic mass is 10.2. The number of sulfonamides is 1. The SMILES string of the molecule is Cc1cccc(NC(=S)Nc2cccc(S(=O)(=O)N3CCCC3)c2)c1. The van der Waals surface area contributed by atoms with Gasteiger partial charge in [-0.2, -0.15) is 4.31 Å². The van der Waals surface area contributed by atoms with Gasteiger partial charge in [0.2, 0.25) is 10.0 Å². The van der Waals surface area contributed by atoms with Crippen LogP contribution in [0.3, 0.4) is 0 Å². The van der Waals surface area contributed by atoms with Crippen molar-refractivity contribution in [2.45, 2.75) is 24.7 Å². The first-order chi connectivity index (χ1) is 11.9. The van der Waals surface area contributed by atoms with E-state index in [2.05, 4.69) is 10.6 Å². The van der Waals surface area contributed by atoms with Crippen LogP contribution in [0.2, 0.25) is 0 Å². The molecule has 0 atom stereocenters. The summed E-state index contributed by atoms with van der Waals surface area (Å²) in [5, 5.41) is 6.57. The first-order valence-electron chi connectivity index (χ1n) is 8.20. The van der Waals surface area contributed by atoms with E-state index < -0.39 is 10.0 Å². The molecule has 0 unspecified atom stereocenters. The van der Waals surface area contributed by atoms with E-state index in [1.165, 1.54) is 4.31 Å².